The number of hydrogen-bond acceptors (Lipinski definition) is 3. The number of sulfonamides is 1. The van der Waals surface area contributed by atoms with Crippen LogP contribution in [0.15, 0.2) is 29.2 Å². The molecule has 2 rings (SSSR count). The fraction of sp³-hybridized carbons (Fsp3) is 0.533. The second kappa shape index (κ2) is 6.58. The number of nitrogens with zero attached hydrogens (tertiary/aromatic N) is 2. The van der Waals surface area contributed by atoms with Gasteiger partial charge in [0.1, 0.15) is 0 Å². The normalized spacial score (nSPS) is 16.8. The van der Waals surface area contributed by atoms with E-state index in [4.69, 9.17) is 0 Å². The predicted molar refractivity (Wildman–Crippen MR) is 81.7 cm³/mol. The van der Waals surface area contributed by atoms with Crippen LogP contribution in [0, 0.1) is 0 Å². The highest BCUT2D eigenvalue weighted by Crippen LogP contribution is 2.17. The summed E-state index contributed by atoms with van der Waals surface area (Å²) in [4.78, 5) is 14.5. The van der Waals surface area contributed by atoms with Gasteiger partial charge in [0.2, 0.25) is 10.0 Å². The lowest BCUT2D eigenvalue weighted by atomic mass is 10.2. The van der Waals surface area contributed by atoms with E-state index in [0.717, 1.165) is 25.9 Å². The van der Waals surface area contributed by atoms with Crippen molar-refractivity contribution in [2.75, 3.05) is 27.2 Å². The minimum absolute atomic E-state index is 0.00861. The lowest BCUT2D eigenvalue weighted by Gasteiger charge is -2.20. The monoisotopic (exact) mass is 310 g/mol. The standard InChI is InChI=1S/C15H22N2O3S/c1-16(2)21(19,20)14-9-7-13(8-10-14)15(18)17-11-5-3-4-6-12-17/h7-10H,3-6,11-12H2,1-2H3. The number of amides is 1. The molecule has 0 unspecified atom stereocenters. The second-order valence-corrected chi connectivity index (χ2v) is 7.67. The van der Waals surface area contributed by atoms with Crippen molar-refractivity contribution in [1.82, 2.24) is 9.21 Å². The van der Waals surface area contributed by atoms with Gasteiger partial charge in [-0.15, -0.1) is 0 Å². The Morgan fingerprint density at radius 1 is 1.00 bits per heavy atom. The lowest BCUT2D eigenvalue weighted by Crippen LogP contribution is -2.31. The molecule has 1 aromatic rings. The van der Waals surface area contributed by atoms with Crippen LogP contribution in [0.1, 0.15) is 36.0 Å². The fourth-order valence-corrected chi connectivity index (χ4v) is 3.34. The second-order valence-electron chi connectivity index (χ2n) is 5.52. The van der Waals surface area contributed by atoms with Crippen LogP contribution in [0.2, 0.25) is 0 Å². The summed E-state index contributed by atoms with van der Waals surface area (Å²) in [6.45, 7) is 1.58. The van der Waals surface area contributed by atoms with E-state index in [9.17, 15) is 13.2 Å². The van der Waals surface area contributed by atoms with E-state index in [1.165, 1.54) is 43.4 Å². The maximum Gasteiger partial charge on any atom is 0.253 e. The first-order valence-electron chi connectivity index (χ1n) is 7.25. The van der Waals surface area contributed by atoms with Crippen LogP contribution < -0.4 is 0 Å². The van der Waals surface area contributed by atoms with Gasteiger partial charge in [0.15, 0.2) is 0 Å². The molecule has 0 spiro atoms. The maximum atomic E-state index is 12.4. The Labute approximate surface area is 126 Å². The van der Waals surface area contributed by atoms with E-state index in [2.05, 4.69) is 0 Å². The SMILES string of the molecule is CN(C)S(=O)(=O)c1ccc(C(=O)N2CCCCCC2)cc1. The Hall–Kier alpha value is -1.40. The molecule has 0 aliphatic carbocycles. The van der Waals surface area contributed by atoms with Gasteiger partial charge in [0, 0.05) is 32.7 Å². The Morgan fingerprint density at radius 3 is 2.00 bits per heavy atom. The highest BCUT2D eigenvalue weighted by atomic mass is 32.2. The molecule has 0 aromatic heterocycles. The van der Waals surface area contributed by atoms with E-state index in [-0.39, 0.29) is 10.8 Å². The van der Waals surface area contributed by atoms with E-state index < -0.39 is 10.0 Å². The third-order valence-electron chi connectivity index (χ3n) is 3.77. The molecule has 0 saturated carbocycles. The maximum absolute atomic E-state index is 12.4. The van der Waals surface area contributed by atoms with Crippen molar-refractivity contribution in [3.8, 4) is 0 Å². The fourth-order valence-electron chi connectivity index (χ4n) is 2.44. The van der Waals surface area contributed by atoms with Crippen molar-refractivity contribution in [2.24, 2.45) is 0 Å². The molecule has 1 fully saturated rings. The third-order valence-corrected chi connectivity index (χ3v) is 5.60. The molecule has 0 radical (unpaired) electrons. The molecule has 1 aromatic carbocycles. The molecular weight excluding hydrogens is 288 g/mol. The zero-order valence-electron chi connectivity index (χ0n) is 12.6. The minimum Gasteiger partial charge on any atom is -0.339 e. The quantitative estimate of drug-likeness (QED) is 0.857. The highest BCUT2D eigenvalue weighted by Gasteiger charge is 2.20. The van der Waals surface area contributed by atoms with Gasteiger partial charge in [-0.25, -0.2) is 12.7 Å². The van der Waals surface area contributed by atoms with Crippen LogP contribution in [-0.2, 0) is 10.0 Å². The van der Waals surface area contributed by atoms with Gasteiger partial charge < -0.3 is 4.90 Å². The van der Waals surface area contributed by atoms with Crippen LogP contribution >= 0.6 is 0 Å². The van der Waals surface area contributed by atoms with Crippen molar-refractivity contribution >= 4 is 15.9 Å². The first kappa shape index (κ1) is 16.0. The van der Waals surface area contributed by atoms with Crippen LogP contribution in [0.4, 0.5) is 0 Å². The van der Waals surface area contributed by atoms with Crippen LogP contribution in [-0.4, -0.2) is 50.7 Å². The summed E-state index contributed by atoms with van der Waals surface area (Å²) >= 11 is 0. The Balaban J connectivity index is 2.17. The molecule has 0 N–H and O–H groups in total. The molecule has 1 aliphatic heterocycles. The van der Waals surface area contributed by atoms with Gasteiger partial charge in [0.05, 0.1) is 4.90 Å². The van der Waals surface area contributed by atoms with Gasteiger partial charge in [0.25, 0.3) is 5.91 Å². The minimum atomic E-state index is -3.44. The summed E-state index contributed by atoms with van der Waals surface area (Å²) in [6, 6.07) is 6.20. The average molecular weight is 310 g/mol. The van der Waals surface area contributed by atoms with Crippen molar-refractivity contribution in [2.45, 2.75) is 30.6 Å². The van der Waals surface area contributed by atoms with E-state index in [0.29, 0.717) is 5.56 Å². The predicted octanol–water partition coefficient (Wildman–Crippen LogP) is 1.95. The Bertz CT molecular complexity index is 586. The topological polar surface area (TPSA) is 57.7 Å². The summed E-state index contributed by atoms with van der Waals surface area (Å²) in [5, 5.41) is 0. The van der Waals surface area contributed by atoms with Gasteiger partial charge >= 0.3 is 0 Å². The largest absolute Gasteiger partial charge is 0.339 e. The van der Waals surface area contributed by atoms with Crippen molar-refractivity contribution in [3.05, 3.63) is 29.8 Å². The summed E-state index contributed by atoms with van der Waals surface area (Å²) in [5.41, 5.74) is 0.551. The number of benzene rings is 1. The highest BCUT2D eigenvalue weighted by molar-refractivity contribution is 7.89. The Morgan fingerprint density at radius 2 is 1.52 bits per heavy atom. The van der Waals surface area contributed by atoms with Crippen molar-refractivity contribution in [1.29, 1.82) is 0 Å². The zero-order chi connectivity index (χ0) is 15.5. The first-order valence-corrected chi connectivity index (χ1v) is 8.69. The molecule has 1 aliphatic rings. The zero-order valence-corrected chi connectivity index (χ0v) is 13.4. The first-order chi connectivity index (χ1) is 9.93. The smallest absolute Gasteiger partial charge is 0.253 e. The molecule has 0 bridgehead atoms. The van der Waals surface area contributed by atoms with Crippen LogP contribution in [0.3, 0.4) is 0 Å². The Kier molecular flexibility index (Phi) is 5.00. The molecule has 1 saturated heterocycles. The van der Waals surface area contributed by atoms with Gasteiger partial charge in [-0.2, -0.15) is 0 Å². The molecule has 5 nitrogen and oxygen atoms in total. The van der Waals surface area contributed by atoms with Crippen molar-refractivity contribution in [3.63, 3.8) is 0 Å². The third kappa shape index (κ3) is 3.63. The molecular formula is C15H22N2O3S. The summed E-state index contributed by atoms with van der Waals surface area (Å²) in [5.74, 6) is -0.00861. The van der Waals surface area contributed by atoms with E-state index >= 15 is 0 Å². The van der Waals surface area contributed by atoms with E-state index in [1.807, 2.05) is 4.90 Å². The number of rotatable bonds is 3. The number of carbonyl (C=O) groups is 1. The number of hydrogen-bond donors (Lipinski definition) is 0. The molecule has 0 atom stereocenters. The van der Waals surface area contributed by atoms with Crippen LogP contribution in [0.5, 0.6) is 0 Å². The average Bonchev–Trinajstić information content (AvgIpc) is 2.75. The van der Waals surface area contributed by atoms with Gasteiger partial charge in [-0.1, -0.05) is 12.8 Å². The van der Waals surface area contributed by atoms with Crippen LogP contribution in [0.25, 0.3) is 0 Å². The molecule has 1 heterocycles. The molecule has 6 heteroatoms. The van der Waals surface area contributed by atoms with Gasteiger partial charge in [-0.3, -0.25) is 4.79 Å². The summed E-state index contributed by atoms with van der Waals surface area (Å²) < 4.78 is 25.1. The summed E-state index contributed by atoms with van der Waals surface area (Å²) in [6.07, 6.45) is 4.42. The number of carbonyl (C=O) groups excluding carboxylic acids is 1. The van der Waals surface area contributed by atoms with E-state index in [1.54, 1.807) is 12.1 Å². The van der Waals surface area contributed by atoms with Gasteiger partial charge in [-0.05, 0) is 37.1 Å². The number of likely N-dealkylation sites (tertiary alicyclic amines) is 1. The molecule has 1 amide bonds. The lowest BCUT2D eigenvalue weighted by molar-refractivity contribution is 0.0761. The van der Waals surface area contributed by atoms with Crippen molar-refractivity contribution < 1.29 is 13.2 Å². The summed E-state index contributed by atoms with van der Waals surface area (Å²) in [7, 11) is -0.458. The molecule has 21 heavy (non-hydrogen) atoms. The molecule has 116 valence electrons.